The Morgan fingerprint density at radius 1 is 0.978 bits per heavy atom. The number of alkyl halides is 2. The van der Waals surface area contributed by atoms with Crippen LogP contribution in [0.25, 0.3) is 22.3 Å². The number of halogens is 3. The van der Waals surface area contributed by atoms with Gasteiger partial charge in [0.15, 0.2) is 47.4 Å². The van der Waals surface area contributed by atoms with Gasteiger partial charge in [0.2, 0.25) is 11.2 Å². The van der Waals surface area contributed by atoms with Gasteiger partial charge in [0.05, 0.1) is 25.9 Å². The van der Waals surface area contributed by atoms with Gasteiger partial charge in [-0.25, -0.2) is 23.3 Å². The quantitative estimate of drug-likeness (QED) is 0.110. The molecule has 46 heavy (non-hydrogen) atoms. The highest BCUT2D eigenvalue weighted by molar-refractivity contribution is 8.44. The average molecular weight is 745 g/mol. The lowest BCUT2D eigenvalue weighted by atomic mass is 10.1. The predicted molar refractivity (Wildman–Crippen MR) is 160 cm³/mol. The molecule has 10 atom stereocenters. The monoisotopic (exact) mass is 744 g/mol. The first-order chi connectivity index (χ1) is 21.7. The first-order valence-electron chi connectivity index (χ1n) is 13.0. The van der Waals surface area contributed by atoms with Crippen molar-refractivity contribution >= 4 is 83.3 Å². The van der Waals surface area contributed by atoms with E-state index in [0.29, 0.717) is 0 Å². The second-order valence-electron chi connectivity index (χ2n) is 10.2. The van der Waals surface area contributed by atoms with E-state index in [1.54, 1.807) is 0 Å². The normalized spacial score (nSPS) is 37.2. The fraction of sp³-hybridized carbons (Fsp3) is 0.500. The van der Waals surface area contributed by atoms with E-state index in [1.165, 1.54) is 10.9 Å². The number of ether oxygens (including phenoxy) is 2. The van der Waals surface area contributed by atoms with E-state index in [0.717, 1.165) is 10.9 Å². The zero-order chi connectivity index (χ0) is 32.7. The molecule has 26 heteroatoms. The molecule has 3 saturated heterocycles. The zero-order valence-corrected chi connectivity index (χ0v) is 26.8. The maximum Gasteiger partial charge on any atom is 0.386 e. The number of imidazole rings is 2. The molecule has 3 aliphatic heterocycles. The smallest absolute Gasteiger partial charge is 0.382 e. The molecule has 7 rings (SSSR count). The Morgan fingerprint density at radius 2 is 1.54 bits per heavy atom. The molecule has 6 N–H and O–H groups in total. The third-order valence-electron chi connectivity index (χ3n) is 7.27. The van der Waals surface area contributed by atoms with E-state index < -0.39 is 81.5 Å². The number of aromatic amines is 1. The largest absolute Gasteiger partial charge is 0.386 e. The molecule has 4 unspecified atom stereocenters. The Morgan fingerprint density at radius 3 is 2.20 bits per heavy atom. The lowest BCUT2D eigenvalue weighted by Gasteiger charge is -2.29. The SMILES string of the molecule is Nc1nc2c(ncn2[C@@H]2O[C@@H]3COP(O)(=S)O[C@@H]4C(F)[C@H](n5cnc6c(N)nc(Cl)nc65)O[C@@H]4COP(=O)(S)OC3[C@@H]2F)c(=O)[nH]1. The summed E-state index contributed by atoms with van der Waals surface area (Å²) in [6.07, 6.45) is -11.2. The van der Waals surface area contributed by atoms with E-state index in [1.807, 2.05) is 0 Å². The maximum atomic E-state index is 16.0. The number of hydrogen-bond acceptors (Lipinski definition) is 16. The van der Waals surface area contributed by atoms with E-state index in [9.17, 15) is 14.3 Å². The summed E-state index contributed by atoms with van der Waals surface area (Å²) >= 11 is 15.0. The van der Waals surface area contributed by atoms with E-state index in [4.69, 9.17) is 62.4 Å². The minimum Gasteiger partial charge on any atom is -0.382 e. The number of fused-ring (bicyclic) bond motifs is 4. The van der Waals surface area contributed by atoms with Crippen molar-refractivity contribution in [1.82, 2.24) is 39.0 Å². The third kappa shape index (κ3) is 5.71. The molecule has 7 heterocycles. The molecule has 0 bridgehead atoms. The van der Waals surface area contributed by atoms with Crippen LogP contribution >= 0.6 is 37.4 Å². The lowest BCUT2D eigenvalue weighted by Crippen LogP contribution is -2.37. The Labute approximate surface area is 269 Å². The van der Waals surface area contributed by atoms with Crippen molar-refractivity contribution in [2.45, 2.75) is 49.2 Å². The first kappa shape index (κ1) is 32.2. The maximum absolute atomic E-state index is 16.0. The van der Waals surface area contributed by atoms with Gasteiger partial charge in [0, 0.05) is 0 Å². The van der Waals surface area contributed by atoms with Crippen LogP contribution in [0.4, 0.5) is 20.5 Å². The van der Waals surface area contributed by atoms with Gasteiger partial charge >= 0.3 is 13.5 Å². The molecule has 19 nitrogen and oxygen atoms in total. The standard InChI is InChI=1S/C20H21ClF2N10O9P2S2/c21-19-28-13(24)9-14(29-19)32(3-26-9)17-7(22)11-5(39-17)1-37-44(36,46)42-12-6(2-38-43(35,45)41-11)40-18(8(12)23)33-4-27-10-15(33)30-20(25)31-16(10)34/h3-8,11-12,17-18H,1-2H2,(H,35,45)(H,36,46)(H2,24,28,29)(H3,25,30,31,34)/t5-,6-,7?,8+,11+,12?,17-,18-,43?,44?/m1/s1. The topological polar surface area (TPSA) is 252 Å². The number of rotatable bonds is 2. The second kappa shape index (κ2) is 11.6. The Balaban J connectivity index is 1.17. The van der Waals surface area contributed by atoms with Gasteiger partial charge in [0.25, 0.3) is 5.56 Å². The van der Waals surface area contributed by atoms with Crippen molar-refractivity contribution in [1.29, 1.82) is 0 Å². The molecular formula is C20H21ClF2N10O9P2S2. The molecule has 0 spiro atoms. The first-order valence-corrected chi connectivity index (χ1v) is 18.7. The number of nitrogen functional groups attached to an aromatic ring is 2. The number of aromatic nitrogens is 8. The number of H-pyrrole nitrogens is 1. The van der Waals surface area contributed by atoms with Gasteiger partial charge in [-0.1, -0.05) is 12.2 Å². The van der Waals surface area contributed by atoms with Crippen molar-refractivity contribution in [3.63, 3.8) is 0 Å². The van der Waals surface area contributed by atoms with Gasteiger partial charge in [0.1, 0.15) is 29.9 Å². The van der Waals surface area contributed by atoms with Crippen molar-refractivity contribution in [3.8, 4) is 0 Å². The molecular weight excluding hydrogens is 724 g/mol. The number of nitrogens with two attached hydrogens (primary N) is 2. The van der Waals surface area contributed by atoms with Crippen molar-refractivity contribution in [2.24, 2.45) is 0 Å². The average Bonchev–Trinajstić information content (AvgIpc) is 3.72. The van der Waals surface area contributed by atoms with Gasteiger partial charge in [-0.15, -0.1) is 0 Å². The van der Waals surface area contributed by atoms with Crippen LogP contribution in [0.5, 0.6) is 0 Å². The molecule has 0 aromatic carbocycles. The number of thiol groups is 1. The molecule has 4 aromatic heterocycles. The van der Waals surface area contributed by atoms with Crippen LogP contribution in [-0.4, -0.2) is 93.9 Å². The van der Waals surface area contributed by atoms with Crippen LogP contribution in [0.3, 0.4) is 0 Å². The lowest BCUT2D eigenvalue weighted by molar-refractivity contribution is -0.0564. The Kier molecular flexibility index (Phi) is 8.13. The summed E-state index contributed by atoms with van der Waals surface area (Å²) in [6.45, 7) is -10.2. The summed E-state index contributed by atoms with van der Waals surface area (Å²) in [5.74, 6) is -0.342. The van der Waals surface area contributed by atoms with Gasteiger partial charge in [-0.3, -0.25) is 32.5 Å². The zero-order valence-electron chi connectivity index (χ0n) is 22.6. The fourth-order valence-electron chi connectivity index (χ4n) is 5.29. The molecule has 4 aromatic rings. The van der Waals surface area contributed by atoms with Crippen molar-refractivity contribution < 1.29 is 45.8 Å². The highest BCUT2D eigenvalue weighted by Gasteiger charge is 2.54. The van der Waals surface area contributed by atoms with Crippen LogP contribution in [0.1, 0.15) is 12.5 Å². The minimum atomic E-state index is -4.45. The van der Waals surface area contributed by atoms with Crippen molar-refractivity contribution in [3.05, 3.63) is 28.3 Å². The molecule has 0 radical (unpaired) electrons. The number of nitrogens with zero attached hydrogens (tertiary/aromatic N) is 7. The van der Waals surface area contributed by atoms with Crippen molar-refractivity contribution in [2.75, 3.05) is 24.7 Å². The number of anilines is 2. The third-order valence-corrected chi connectivity index (χ3v) is 10.6. The highest BCUT2D eigenvalue weighted by Crippen LogP contribution is 2.58. The fourth-order valence-corrected chi connectivity index (χ4v) is 8.38. The van der Waals surface area contributed by atoms with Gasteiger partial charge in [-0.2, -0.15) is 15.0 Å². The summed E-state index contributed by atoms with van der Waals surface area (Å²) in [5.41, 5.74) is 10.6. The molecule has 3 fully saturated rings. The van der Waals surface area contributed by atoms with Crippen LogP contribution < -0.4 is 17.0 Å². The summed E-state index contributed by atoms with van der Waals surface area (Å²) in [7, 11) is 0. The molecule has 3 aliphatic rings. The highest BCUT2D eigenvalue weighted by atomic mass is 35.5. The summed E-state index contributed by atoms with van der Waals surface area (Å²) < 4.78 is 81.1. The Bertz CT molecular complexity index is 2010. The summed E-state index contributed by atoms with van der Waals surface area (Å²) in [4.78, 5) is 45.3. The van der Waals surface area contributed by atoms with E-state index in [-0.39, 0.29) is 39.4 Å². The second-order valence-corrected chi connectivity index (χ2v) is 16.2. The summed E-state index contributed by atoms with van der Waals surface area (Å²) in [6, 6.07) is 0. The van der Waals surface area contributed by atoms with E-state index in [2.05, 4.69) is 42.2 Å². The van der Waals surface area contributed by atoms with Gasteiger partial charge < -0.3 is 30.4 Å². The van der Waals surface area contributed by atoms with Crippen LogP contribution in [0.2, 0.25) is 5.28 Å². The summed E-state index contributed by atoms with van der Waals surface area (Å²) in [5, 5.41) is -0.241. The molecule has 0 aliphatic carbocycles. The van der Waals surface area contributed by atoms with Crippen LogP contribution in [-0.2, 0) is 43.9 Å². The minimum absolute atomic E-state index is 0.0212. The van der Waals surface area contributed by atoms with E-state index >= 15 is 8.78 Å². The molecule has 248 valence electrons. The van der Waals surface area contributed by atoms with Crippen LogP contribution in [0, 0.1) is 0 Å². The number of hydrogen-bond donors (Lipinski definition) is 5. The molecule has 0 amide bonds. The molecule has 0 saturated carbocycles. The van der Waals surface area contributed by atoms with Crippen LogP contribution in [0.15, 0.2) is 17.4 Å². The Hall–Kier alpha value is -2.40. The van der Waals surface area contributed by atoms with Gasteiger partial charge in [-0.05, 0) is 23.4 Å². The number of nitrogens with one attached hydrogen (secondary N) is 1. The predicted octanol–water partition coefficient (Wildman–Crippen LogP) is 1.32.